The number of rotatable bonds is 8. The van der Waals surface area contributed by atoms with Crippen molar-refractivity contribution in [3.05, 3.63) is 106 Å². The van der Waals surface area contributed by atoms with Gasteiger partial charge in [0.15, 0.2) is 11.0 Å². The van der Waals surface area contributed by atoms with Gasteiger partial charge in [-0.3, -0.25) is 9.36 Å². The second kappa shape index (κ2) is 10.9. The van der Waals surface area contributed by atoms with Gasteiger partial charge in [0.1, 0.15) is 0 Å². The Hall–Kier alpha value is -2.80. The van der Waals surface area contributed by atoms with Crippen molar-refractivity contribution >= 4 is 40.9 Å². The topological polar surface area (TPSA) is 59.8 Å². The Balaban J connectivity index is 1.62. The number of amides is 1. The third-order valence-electron chi connectivity index (χ3n) is 4.99. The van der Waals surface area contributed by atoms with Crippen molar-refractivity contribution in [2.75, 3.05) is 0 Å². The number of benzene rings is 3. The summed E-state index contributed by atoms with van der Waals surface area (Å²) in [5.41, 5.74) is 2.78. The number of nitrogens with zero attached hydrogens (tertiary/aromatic N) is 3. The van der Waals surface area contributed by atoms with E-state index in [4.69, 9.17) is 23.2 Å². The molecule has 0 aliphatic rings. The minimum atomic E-state index is -0.394. The molecular formula is C25H22Cl2N4OS. The highest BCUT2D eigenvalue weighted by Crippen LogP contribution is 2.32. The summed E-state index contributed by atoms with van der Waals surface area (Å²) in [6.07, 6.45) is 0.285. The molecule has 0 aliphatic carbocycles. The number of thioether (sulfide) groups is 1. The van der Waals surface area contributed by atoms with Gasteiger partial charge >= 0.3 is 0 Å². The highest BCUT2D eigenvalue weighted by molar-refractivity contribution is 7.98. The first-order chi connectivity index (χ1) is 16.0. The van der Waals surface area contributed by atoms with Crippen LogP contribution >= 0.6 is 35.0 Å². The summed E-state index contributed by atoms with van der Waals surface area (Å²) in [6, 6.07) is 24.6. The number of carbonyl (C=O) groups is 1. The average Bonchev–Trinajstić information content (AvgIpc) is 3.24. The first-order valence-corrected chi connectivity index (χ1v) is 12.2. The van der Waals surface area contributed by atoms with Crippen LogP contribution in [0.4, 0.5) is 0 Å². The summed E-state index contributed by atoms with van der Waals surface area (Å²) in [5.74, 6) is 1.20. The fourth-order valence-electron chi connectivity index (χ4n) is 3.40. The van der Waals surface area contributed by atoms with Crippen LogP contribution in [0.1, 0.15) is 29.9 Å². The van der Waals surface area contributed by atoms with E-state index in [1.807, 2.05) is 60.0 Å². The summed E-state index contributed by atoms with van der Waals surface area (Å²) < 4.78 is 1.87. The molecule has 1 N–H and O–H groups in total. The van der Waals surface area contributed by atoms with Crippen LogP contribution in [0.15, 0.2) is 84.0 Å². The van der Waals surface area contributed by atoms with E-state index in [9.17, 15) is 4.79 Å². The van der Waals surface area contributed by atoms with Gasteiger partial charge in [-0.1, -0.05) is 95.6 Å². The fourth-order valence-corrected chi connectivity index (χ4v) is 4.68. The van der Waals surface area contributed by atoms with E-state index >= 15 is 0 Å². The molecule has 0 bridgehead atoms. The van der Waals surface area contributed by atoms with Crippen LogP contribution in [0.5, 0.6) is 0 Å². The number of hydrogen-bond acceptors (Lipinski definition) is 4. The second-order valence-corrected chi connectivity index (χ2v) is 9.28. The molecule has 0 radical (unpaired) electrons. The Bertz CT molecular complexity index is 1230. The number of carbonyl (C=O) groups excluding carboxylic acids is 1. The molecule has 0 fully saturated rings. The lowest BCUT2D eigenvalue weighted by molar-refractivity contribution is -0.121. The van der Waals surface area contributed by atoms with Crippen LogP contribution in [0, 0.1) is 0 Å². The zero-order valence-corrected chi connectivity index (χ0v) is 20.2. The lowest BCUT2D eigenvalue weighted by Gasteiger charge is -2.17. The first kappa shape index (κ1) is 23.4. The minimum Gasteiger partial charge on any atom is -0.346 e. The van der Waals surface area contributed by atoms with Gasteiger partial charge in [0.05, 0.1) is 23.2 Å². The monoisotopic (exact) mass is 496 g/mol. The molecule has 168 valence electrons. The number of halogens is 2. The normalized spacial score (nSPS) is 11.8. The van der Waals surface area contributed by atoms with Crippen LogP contribution in [-0.2, 0) is 17.0 Å². The maximum atomic E-state index is 12.7. The van der Waals surface area contributed by atoms with E-state index in [0.717, 1.165) is 5.56 Å². The Morgan fingerprint density at radius 2 is 1.64 bits per heavy atom. The number of nitrogens with one attached hydrogen (secondary N) is 1. The van der Waals surface area contributed by atoms with E-state index in [1.54, 1.807) is 30.0 Å². The molecule has 1 unspecified atom stereocenters. The molecule has 4 rings (SSSR count). The summed E-state index contributed by atoms with van der Waals surface area (Å²) in [4.78, 5) is 12.7. The summed E-state index contributed by atoms with van der Waals surface area (Å²) in [5, 5.41) is 13.6. The summed E-state index contributed by atoms with van der Waals surface area (Å²) in [7, 11) is 0. The van der Waals surface area contributed by atoms with Crippen molar-refractivity contribution in [2.24, 2.45) is 0 Å². The van der Waals surface area contributed by atoms with Crippen molar-refractivity contribution in [2.45, 2.75) is 30.3 Å². The summed E-state index contributed by atoms with van der Waals surface area (Å²) >= 11 is 14.4. The molecule has 0 saturated heterocycles. The van der Waals surface area contributed by atoms with Crippen LogP contribution in [0.2, 0.25) is 10.0 Å². The van der Waals surface area contributed by atoms with Crippen molar-refractivity contribution in [1.82, 2.24) is 20.1 Å². The molecule has 33 heavy (non-hydrogen) atoms. The molecular weight excluding hydrogens is 475 g/mol. The summed E-state index contributed by atoms with van der Waals surface area (Å²) in [6.45, 7) is 1.88. The van der Waals surface area contributed by atoms with E-state index in [0.29, 0.717) is 32.5 Å². The van der Waals surface area contributed by atoms with E-state index in [-0.39, 0.29) is 12.3 Å². The van der Waals surface area contributed by atoms with Crippen molar-refractivity contribution in [1.29, 1.82) is 0 Å². The smallest absolute Gasteiger partial charge is 0.224 e. The average molecular weight is 497 g/mol. The molecule has 1 atom stereocenters. The lowest BCUT2D eigenvalue weighted by Crippen LogP contribution is -2.30. The maximum absolute atomic E-state index is 12.7. The van der Waals surface area contributed by atoms with E-state index in [1.165, 1.54) is 5.56 Å². The maximum Gasteiger partial charge on any atom is 0.224 e. The molecule has 0 aliphatic heterocycles. The fraction of sp³-hybridized carbons (Fsp3) is 0.160. The molecule has 8 heteroatoms. The highest BCUT2D eigenvalue weighted by Gasteiger charge is 2.23. The molecule has 1 heterocycles. The van der Waals surface area contributed by atoms with Crippen molar-refractivity contribution in [3.8, 4) is 5.69 Å². The zero-order chi connectivity index (χ0) is 23.2. The largest absolute Gasteiger partial charge is 0.346 e. The molecule has 0 saturated carbocycles. The van der Waals surface area contributed by atoms with Crippen molar-refractivity contribution < 1.29 is 4.79 Å². The third kappa shape index (κ3) is 5.96. The Morgan fingerprint density at radius 3 is 2.33 bits per heavy atom. The van der Waals surface area contributed by atoms with Gasteiger partial charge in [-0.15, -0.1) is 10.2 Å². The lowest BCUT2D eigenvalue weighted by atomic mass is 10.1. The van der Waals surface area contributed by atoms with Gasteiger partial charge in [-0.05, 0) is 36.2 Å². The number of aromatic nitrogens is 3. The second-order valence-electron chi connectivity index (χ2n) is 7.50. The van der Waals surface area contributed by atoms with Crippen LogP contribution in [0.25, 0.3) is 5.69 Å². The Labute approximate surface area is 207 Å². The Kier molecular flexibility index (Phi) is 7.70. The minimum absolute atomic E-state index is 0.0982. The predicted octanol–water partition coefficient (Wildman–Crippen LogP) is 6.29. The molecule has 0 spiro atoms. The van der Waals surface area contributed by atoms with E-state index < -0.39 is 6.04 Å². The predicted molar refractivity (Wildman–Crippen MR) is 134 cm³/mol. The van der Waals surface area contributed by atoms with E-state index in [2.05, 4.69) is 27.6 Å². The molecule has 1 aromatic heterocycles. The van der Waals surface area contributed by atoms with Gasteiger partial charge in [0, 0.05) is 10.8 Å². The first-order valence-electron chi connectivity index (χ1n) is 10.4. The zero-order valence-electron chi connectivity index (χ0n) is 17.9. The van der Waals surface area contributed by atoms with Gasteiger partial charge < -0.3 is 5.32 Å². The van der Waals surface area contributed by atoms with Crippen LogP contribution in [-0.4, -0.2) is 20.7 Å². The van der Waals surface area contributed by atoms with Gasteiger partial charge in [0.25, 0.3) is 0 Å². The molecule has 1 amide bonds. The Morgan fingerprint density at radius 1 is 0.970 bits per heavy atom. The molecule has 3 aromatic carbocycles. The highest BCUT2D eigenvalue weighted by atomic mass is 35.5. The van der Waals surface area contributed by atoms with Crippen LogP contribution < -0.4 is 5.32 Å². The van der Waals surface area contributed by atoms with Crippen molar-refractivity contribution in [3.63, 3.8) is 0 Å². The standard InChI is InChI=1S/C25H22Cl2N4OS/c1-17(28-23(32)14-18-8-4-2-5-9-18)24-29-30-25(33-16-19-10-6-3-7-11-19)31(24)22-15-20(26)12-13-21(22)27/h2-13,15,17H,14,16H2,1H3,(H,28,32). The van der Waals surface area contributed by atoms with Gasteiger partial charge in [-0.25, -0.2) is 0 Å². The SMILES string of the molecule is CC(NC(=O)Cc1ccccc1)c1nnc(SCc2ccccc2)n1-c1cc(Cl)ccc1Cl. The molecule has 4 aromatic rings. The van der Waals surface area contributed by atoms with Crippen LogP contribution in [0.3, 0.4) is 0 Å². The quantitative estimate of drug-likeness (QED) is 0.291. The van der Waals surface area contributed by atoms with Gasteiger partial charge in [0.2, 0.25) is 5.91 Å². The third-order valence-corrected chi connectivity index (χ3v) is 6.55. The van der Waals surface area contributed by atoms with Gasteiger partial charge in [-0.2, -0.15) is 0 Å². The number of hydrogen-bond donors (Lipinski definition) is 1. The molecule has 5 nitrogen and oxygen atoms in total.